The van der Waals surface area contributed by atoms with Crippen molar-refractivity contribution >= 4 is 17.9 Å². The van der Waals surface area contributed by atoms with Gasteiger partial charge in [-0.05, 0) is 12.0 Å². The molecule has 1 aromatic heterocycles. The minimum Gasteiger partial charge on any atom is -0.444 e. The van der Waals surface area contributed by atoms with E-state index >= 15 is 0 Å². The van der Waals surface area contributed by atoms with Crippen LogP contribution in [0.4, 0.5) is 10.8 Å². The maximum Gasteiger partial charge on any atom is 0.415 e. The Balaban J connectivity index is 1.59. The first-order valence-corrected chi connectivity index (χ1v) is 6.73. The van der Waals surface area contributed by atoms with Crippen LogP contribution in [-0.4, -0.2) is 16.9 Å². The van der Waals surface area contributed by atoms with E-state index in [2.05, 4.69) is 10.3 Å². The van der Waals surface area contributed by atoms with Crippen LogP contribution in [-0.2, 0) is 17.8 Å². The molecule has 0 radical (unpaired) electrons. The number of ketones is 1. The van der Waals surface area contributed by atoms with Crippen molar-refractivity contribution in [3.05, 3.63) is 47.3 Å². The zero-order chi connectivity index (χ0) is 14.7. The van der Waals surface area contributed by atoms with Gasteiger partial charge in [-0.3, -0.25) is 4.79 Å². The van der Waals surface area contributed by atoms with Gasteiger partial charge in [-0.15, -0.1) is 0 Å². The number of rotatable bonds is 3. The summed E-state index contributed by atoms with van der Waals surface area (Å²) in [6.07, 6.45) is 1.22. The summed E-state index contributed by atoms with van der Waals surface area (Å²) in [7, 11) is 0. The molecule has 0 fully saturated rings. The van der Waals surface area contributed by atoms with Crippen molar-refractivity contribution in [1.82, 2.24) is 4.98 Å². The monoisotopic (exact) mass is 286 g/mol. The third-order valence-electron chi connectivity index (χ3n) is 3.19. The Labute approximate surface area is 121 Å². The average molecular weight is 286 g/mol. The maximum absolute atomic E-state index is 11.7. The second kappa shape index (κ2) is 5.78. The largest absolute Gasteiger partial charge is 0.444 e. The minimum atomic E-state index is -0.662. The van der Waals surface area contributed by atoms with Gasteiger partial charge in [0, 0.05) is 12.8 Å². The zero-order valence-corrected chi connectivity index (χ0v) is 11.3. The van der Waals surface area contributed by atoms with Gasteiger partial charge in [0.2, 0.25) is 0 Å². The predicted octanol–water partition coefficient (Wildman–Crippen LogP) is 2.94. The van der Waals surface area contributed by atoms with Crippen LogP contribution in [0.3, 0.4) is 0 Å². The number of carbonyl (C=O) groups excluding carboxylic acids is 2. The van der Waals surface area contributed by atoms with Crippen LogP contribution in [0.5, 0.6) is 0 Å². The number of amides is 1. The topological polar surface area (TPSA) is 81.4 Å². The quantitative estimate of drug-likeness (QED) is 0.938. The van der Waals surface area contributed by atoms with Crippen molar-refractivity contribution in [2.45, 2.75) is 25.9 Å². The molecule has 1 amide bonds. The minimum absolute atomic E-state index is 0.00770. The molecule has 1 aliphatic carbocycles. The molecule has 0 saturated heterocycles. The Morgan fingerprint density at radius 2 is 2.10 bits per heavy atom. The average Bonchev–Trinajstić information content (AvgIpc) is 2.90. The molecule has 0 saturated carbocycles. The van der Waals surface area contributed by atoms with Gasteiger partial charge >= 0.3 is 12.1 Å². The summed E-state index contributed by atoms with van der Waals surface area (Å²) in [6, 6.07) is 9.34. The molecule has 0 spiro atoms. The van der Waals surface area contributed by atoms with Gasteiger partial charge in [0.15, 0.2) is 5.78 Å². The fraction of sp³-hybridized carbons (Fsp3) is 0.267. The van der Waals surface area contributed by atoms with Crippen molar-refractivity contribution in [1.29, 1.82) is 0 Å². The lowest BCUT2D eigenvalue weighted by atomic mass is 10.0. The Bertz CT molecular complexity index is 664. The van der Waals surface area contributed by atoms with Crippen LogP contribution >= 0.6 is 0 Å². The number of nitrogens with zero attached hydrogens (tertiary/aromatic N) is 1. The molecule has 6 nitrogen and oxygen atoms in total. The van der Waals surface area contributed by atoms with E-state index in [-0.39, 0.29) is 18.4 Å². The standard InChI is InChI=1S/C15H14N2O4/c18-11-7-4-8-12-13(11)16-14(21-12)17-15(19)20-9-10-5-2-1-3-6-10/h1-3,5-6H,4,7-9H2,(H,16,17,19). The second-order valence-electron chi connectivity index (χ2n) is 4.75. The summed E-state index contributed by atoms with van der Waals surface area (Å²) in [6.45, 7) is 0.159. The Hall–Kier alpha value is -2.63. The van der Waals surface area contributed by atoms with Crippen molar-refractivity contribution in [2.75, 3.05) is 5.32 Å². The first-order chi connectivity index (χ1) is 10.2. The van der Waals surface area contributed by atoms with Gasteiger partial charge in [0.05, 0.1) is 0 Å². The molecule has 21 heavy (non-hydrogen) atoms. The predicted molar refractivity (Wildman–Crippen MR) is 74.0 cm³/mol. The number of Topliss-reactive ketones (excluding diaryl/α,β-unsaturated/α-hetero) is 1. The number of carbonyl (C=O) groups is 2. The number of fused-ring (bicyclic) bond motifs is 1. The molecule has 0 bridgehead atoms. The number of aryl methyl sites for hydroxylation is 1. The third-order valence-corrected chi connectivity index (χ3v) is 3.19. The number of hydrogen-bond donors (Lipinski definition) is 1. The number of aromatic nitrogens is 1. The first-order valence-electron chi connectivity index (χ1n) is 6.73. The van der Waals surface area contributed by atoms with Crippen molar-refractivity contribution in [3.63, 3.8) is 0 Å². The first kappa shape index (κ1) is 13.4. The van der Waals surface area contributed by atoms with Gasteiger partial charge < -0.3 is 9.15 Å². The lowest BCUT2D eigenvalue weighted by Gasteiger charge is -2.04. The number of nitrogens with one attached hydrogen (secondary N) is 1. The van der Waals surface area contributed by atoms with Crippen LogP contribution < -0.4 is 5.32 Å². The van der Waals surface area contributed by atoms with Crippen molar-refractivity contribution in [2.24, 2.45) is 0 Å². The van der Waals surface area contributed by atoms with E-state index in [1.807, 2.05) is 30.3 Å². The molecule has 2 aromatic rings. The Morgan fingerprint density at radius 1 is 1.29 bits per heavy atom. The fourth-order valence-corrected chi connectivity index (χ4v) is 2.17. The highest BCUT2D eigenvalue weighted by atomic mass is 16.6. The third kappa shape index (κ3) is 3.10. The second-order valence-corrected chi connectivity index (χ2v) is 4.75. The summed E-state index contributed by atoms with van der Waals surface area (Å²) in [5.74, 6) is 0.482. The SMILES string of the molecule is O=C(Nc1nc2c(o1)CCCC2=O)OCc1ccccc1. The van der Waals surface area contributed by atoms with E-state index in [1.54, 1.807) is 0 Å². The van der Waals surface area contributed by atoms with Crippen LogP contribution in [0, 0.1) is 0 Å². The highest BCUT2D eigenvalue weighted by Gasteiger charge is 2.24. The molecule has 0 unspecified atom stereocenters. The Morgan fingerprint density at radius 3 is 2.86 bits per heavy atom. The van der Waals surface area contributed by atoms with Gasteiger partial charge in [0.1, 0.15) is 18.1 Å². The van der Waals surface area contributed by atoms with E-state index in [0.29, 0.717) is 24.3 Å². The van der Waals surface area contributed by atoms with Crippen LogP contribution in [0.2, 0.25) is 0 Å². The van der Waals surface area contributed by atoms with Gasteiger partial charge in [-0.1, -0.05) is 30.3 Å². The molecule has 1 N–H and O–H groups in total. The molecule has 0 atom stereocenters. The molecule has 1 aromatic carbocycles. The van der Waals surface area contributed by atoms with E-state index in [1.165, 1.54) is 0 Å². The molecule has 3 rings (SSSR count). The molecule has 6 heteroatoms. The molecule has 108 valence electrons. The molecule has 1 aliphatic rings. The van der Waals surface area contributed by atoms with Crippen LogP contribution in [0.15, 0.2) is 34.7 Å². The summed E-state index contributed by atoms with van der Waals surface area (Å²) in [5.41, 5.74) is 1.20. The highest BCUT2D eigenvalue weighted by molar-refractivity contribution is 5.96. The van der Waals surface area contributed by atoms with E-state index < -0.39 is 6.09 Å². The van der Waals surface area contributed by atoms with Crippen LogP contribution in [0.25, 0.3) is 0 Å². The summed E-state index contributed by atoms with van der Waals surface area (Å²) >= 11 is 0. The number of hydrogen-bond acceptors (Lipinski definition) is 5. The smallest absolute Gasteiger partial charge is 0.415 e. The zero-order valence-electron chi connectivity index (χ0n) is 11.3. The number of ether oxygens (including phenoxy) is 1. The normalized spacial score (nSPS) is 13.6. The lowest BCUT2D eigenvalue weighted by Crippen LogP contribution is -2.14. The molecule has 0 aliphatic heterocycles. The van der Waals surface area contributed by atoms with Gasteiger partial charge in [-0.2, -0.15) is 4.98 Å². The van der Waals surface area contributed by atoms with E-state index in [9.17, 15) is 9.59 Å². The van der Waals surface area contributed by atoms with Crippen LogP contribution in [0.1, 0.15) is 34.7 Å². The summed E-state index contributed by atoms with van der Waals surface area (Å²) < 4.78 is 10.4. The highest BCUT2D eigenvalue weighted by Crippen LogP contribution is 2.24. The molecular weight excluding hydrogens is 272 g/mol. The number of benzene rings is 1. The van der Waals surface area contributed by atoms with Crippen molar-refractivity contribution < 1.29 is 18.7 Å². The lowest BCUT2D eigenvalue weighted by molar-refractivity contribution is 0.0965. The van der Waals surface area contributed by atoms with Crippen molar-refractivity contribution in [3.8, 4) is 0 Å². The number of anilines is 1. The van der Waals surface area contributed by atoms with E-state index in [0.717, 1.165) is 12.0 Å². The Kier molecular flexibility index (Phi) is 3.68. The van der Waals surface area contributed by atoms with E-state index in [4.69, 9.17) is 9.15 Å². The number of oxazole rings is 1. The molecule has 1 heterocycles. The summed E-state index contributed by atoms with van der Waals surface area (Å²) in [4.78, 5) is 27.3. The van der Waals surface area contributed by atoms with Gasteiger partial charge in [-0.25, -0.2) is 10.1 Å². The fourth-order valence-electron chi connectivity index (χ4n) is 2.17. The molecular formula is C15H14N2O4. The van der Waals surface area contributed by atoms with Gasteiger partial charge in [0.25, 0.3) is 0 Å². The summed E-state index contributed by atoms with van der Waals surface area (Å²) in [5, 5.41) is 2.40. The maximum atomic E-state index is 11.7.